The highest BCUT2D eigenvalue weighted by molar-refractivity contribution is 9.11. The van der Waals surface area contributed by atoms with Crippen molar-refractivity contribution in [1.29, 1.82) is 0 Å². The lowest BCUT2D eigenvalue weighted by atomic mass is 9.65. The van der Waals surface area contributed by atoms with E-state index in [4.69, 9.17) is 0 Å². The van der Waals surface area contributed by atoms with Gasteiger partial charge in [0, 0.05) is 11.8 Å². The van der Waals surface area contributed by atoms with Crippen molar-refractivity contribution in [2.75, 3.05) is 0 Å². The highest BCUT2D eigenvalue weighted by atomic mass is 79.9. The molecule has 2 nitrogen and oxygen atoms in total. The average Bonchev–Trinajstić information content (AvgIpc) is 2.28. The lowest BCUT2D eigenvalue weighted by Crippen LogP contribution is -2.49. The smallest absolute Gasteiger partial charge is 0.0805 e. The van der Waals surface area contributed by atoms with Crippen molar-refractivity contribution < 1.29 is 10.2 Å². The standard InChI is InChI=1S/C10H15BrO2/c1-9-4-2-7(12)6-10(9,13)5-3-8(9)11/h3,7,12-13H,2,4-6H2,1H3/t7-,9-,10+/m0/s1. The van der Waals surface area contributed by atoms with Crippen LogP contribution in [0.5, 0.6) is 0 Å². The maximum Gasteiger partial charge on any atom is 0.0805 e. The van der Waals surface area contributed by atoms with Gasteiger partial charge in [0.25, 0.3) is 0 Å². The van der Waals surface area contributed by atoms with E-state index in [2.05, 4.69) is 22.9 Å². The number of halogens is 1. The van der Waals surface area contributed by atoms with E-state index in [-0.39, 0.29) is 11.5 Å². The molecule has 0 saturated heterocycles. The molecule has 0 radical (unpaired) electrons. The van der Waals surface area contributed by atoms with Gasteiger partial charge in [0.2, 0.25) is 0 Å². The van der Waals surface area contributed by atoms with Crippen molar-refractivity contribution in [1.82, 2.24) is 0 Å². The molecule has 3 atom stereocenters. The first-order valence-corrected chi connectivity index (χ1v) is 5.54. The fourth-order valence-electron chi connectivity index (χ4n) is 2.54. The number of aliphatic hydroxyl groups is 2. The third-order valence-corrected chi connectivity index (χ3v) is 4.92. The summed E-state index contributed by atoms with van der Waals surface area (Å²) in [5.41, 5.74) is -0.879. The summed E-state index contributed by atoms with van der Waals surface area (Å²) in [6, 6.07) is 0. The van der Waals surface area contributed by atoms with Gasteiger partial charge in [-0.2, -0.15) is 0 Å². The predicted octanol–water partition coefficient (Wildman–Crippen LogP) is 1.95. The van der Waals surface area contributed by atoms with Gasteiger partial charge in [-0.15, -0.1) is 0 Å². The molecule has 0 bridgehead atoms. The Kier molecular flexibility index (Phi) is 2.10. The third-order valence-electron chi connectivity index (χ3n) is 3.72. The molecule has 3 heteroatoms. The van der Waals surface area contributed by atoms with E-state index in [1.807, 2.05) is 6.08 Å². The number of hydrogen-bond acceptors (Lipinski definition) is 2. The van der Waals surface area contributed by atoms with E-state index >= 15 is 0 Å². The number of fused-ring (bicyclic) bond motifs is 1. The van der Waals surface area contributed by atoms with Crippen LogP contribution in [0.15, 0.2) is 10.6 Å². The zero-order chi connectivity index (χ0) is 9.69. The van der Waals surface area contributed by atoms with E-state index in [0.29, 0.717) is 12.8 Å². The van der Waals surface area contributed by atoms with Crippen LogP contribution < -0.4 is 0 Å². The molecule has 0 aromatic rings. The van der Waals surface area contributed by atoms with Crippen molar-refractivity contribution in [3.05, 3.63) is 10.6 Å². The van der Waals surface area contributed by atoms with E-state index in [0.717, 1.165) is 17.3 Å². The molecule has 2 aliphatic carbocycles. The van der Waals surface area contributed by atoms with Crippen molar-refractivity contribution in [3.8, 4) is 0 Å². The Morgan fingerprint density at radius 2 is 2.31 bits per heavy atom. The molecule has 1 fully saturated rings. The van der Waals surface area contributed by atoms with Crippen LogP contribution >= 0.6 is 15.9 Å². The Morgan fingerprint density at radius 1 is 1.62 bits per heavy atom. The lowest BCUT2D eigenvalue weighted by Gasteiger charge is -2.46. The molecule has 0 amide bonds. The maximum atomic E-state index is 10.4. The minimum atomic E-state index is -0.719. The Hall–Kier alpha value is 0.140. The normalized spacial score (nSPS) is 50.2. The van der Waals surface area contributed by atoms with Crippen LogP contribution in [0.1, 0.15) is 32.6 Å². The van der Waals surface area contributed by atoms with Gasteiger partial charge >= 0.3 is 0 Å². The van der Waals surface area contributed by atoms with Crippen LogP contribution in [0.2, 0.25) is 0 Å². The highest BCUT2D eigenvalue weighted by Crippen LogP contribution is 2.56. The van der Waals surface area contributed by atoms with Crippen molar-refractivity contribution in [2.45, 2.75) is 44.3 Å². The molecule has 2 rings (SSSR count). The molecule has 0 aliphatic heterocycles. The summed E-state index contributed by atoms with van der Waals surface area (Å²) >= 11 is 3.51. The van der Waals surface area contributed by atoms with Gasteiger partial charge in [0.1, 0.15) is 0 Å². The van der Waals surface area contributed by atoms with Crippen molar-refractivity contribution in [2.24, 2.45) is 5.41 Å². The SMILES string of the molecule is C[C@@]12CC[C@H](O)C[C@]1(O)CC=C2Br. The van der Waals surface area contributed by atoms with Crippen molar-refractivity contribution >= 4 is 15.9 Å². The average molecular weight is 247 g/mol. The molecule has 2 N–H and O–H groups in total. The fourth-order valence-corrected chi connectivity index (χ4v) is 3.27. The van der Waals surface area contributed by atoms with Gasteiger partial charge in [-0.1, -0.05) is 28.9 Å². The van der Waals surface area contributed by atoms with E-state index in [1.165, 1.54) is 0 Å². The molecule has 13 heavy (non-hydrogen) atoms. The summed E-state index contributed by atoms with van der Waals surface area (Å²) < 4.78 is 1.11. The molecule has 0 heterocycles. The molecule has 2 aliphatic rings. The van der Waals surface area contributed by atoms with Crippen LogP contribution in [0, 0.1) is 5.41 Å². The minimum absolute atomic E-state index is 0.160. The Bertz CT molecular complexity index is 264. The Labute approximate surface area is 86.8 Å². The van der Waals surface area contributed by atoms with E-state index in [1.54, 1.807) is 0 Å². The maximum absolute atomic E-state index is 10.4. The topological polar surface area (TPSA) is 40.5 Å². The van der Waals surface area contributed by atoms with Gasteiger partial charge in [-0.3, -0.25) is 0 Å². The van der Waals surface area contributed by atoms with Crippen LogP contribution in [0.25, 0.3) is 0 Å². The summed E-state index contributed by atoms with van der Waals surface area (Å²) in [5.74, 6) is 0. The molecule has 0 spiro atoms. The third kappa shape index (κ3) is 1.21. The van der Waals surface area contributed by atoms with Crippen LogP contribution in [-0.4, -0.2) is 21.9 Å². The summed E-state index contributed by atoms with van der Waals surface area (Å²) in [7, 11) is 0. The summed E-state index contributed by atoms with van der Waals surface area (Å²) in [5, 5.41) is 19.9. The molecule has 1 saturated carbocycles. The first kappa shape index (κ1) is 9.69. The van der Waals surface area contributed by atoms with Gasteiger partial charge in [-0.05, 0) is 23.7 Å². The molecule has 0 aromatic heterocycles. The van der Waals surface area contributed by atoms with Crippen LogP contribution in [0.3, 0.4) is 0 Å². The fraction of sp³-hybridized carbons (Fsp3) is 0.800. The van der Waals surface area contributed by atoms with Crippen molar-refractivity contribution in [3.63, 3.8) is 0 Å². The first-order valence-electron chi connectivity index (χ1n) is 4.74. The molecule has 0 unspecified atom stereocenters. The second kappa shape index (κ2) is 2.81. The Balaban J connectivity index is 2.32. The van der Waals surface area contributed by atoms with E-state index in [9.17, 15) is 10.2 Å². The number of hydrogen-bond donors (Lipinski definition) is 2. The largest absolute Gasteiger partial charge is 0.393 e. The van der Waals surface area contributed by atoms with Gasteiger partial charge in [0.15, 0.2) is 0 Å². The minimum Gasteiger partial charge on any atom is -0.393 e. The second-order valence-corrected chi connectivity index (χ2v) is 5.37. The lowest BCUT2D eigenvalue weighted by molar-refractivity contribution is -0.106. The number of rotatable bonds is 0. The quantitative estimate of drug-likeness (QED) is 0.686. The molecule has 74 valence electrons. The van der Waals surface area contributed by atoms with Crippen LogP contribution in [0.4, 0.5) is 0 Å². The van der Waals surface area contributed by atoms with Crippen LogP contribution in [-0.2, 0) is 0 Å². The highest BCUT2D eigenvalue weighted by Gasteiger charge is 2.54. The van der Waals surface area contributed by atoms with Gasteiger partial charge < -0.3 is 10.2 Å². The predicted molar refractivity (Wildman–Crippen MR) is 54.5 cm³/mol. The zero-order valence-electron chi connectivity index (χ0n) is 7.76. The van der Waals surface area contributed by atoms with Gasteiger partial charge in [0.05, 0.1) is 11.7 Å². The summed E-state index contributed by atoms with van der Waals surface area (Å²) in [6.07, 6.45) is 4.54. The number of aliphatic hydroxyl groups excluding tert-OH is 1. The first-order chi connectivity index (χ1) is 5.98. The zero-order valence-corrected chi connectivity index (χ0v) is 9.34. The van der Waals surface area contributed by atoms with Gasteiger partial charge in [-0.25, -0.2) is 0 Å². The summed E-state index contributed by atoms with van der Waals surface area (Å²) in [4.78, 5) is 0. The Morgan fingerprint density at radius 3 is 3.00 bits per heavy atom. The summed E-state index contributed by atoms with van der Waals surface area (Å²) in [6.45, 7) is 2.08. The molecule has 0 aromatic carbocycles. The monoisotopic (exact) mass is 246 g/mol. The molecular formula is C10H15BrO2. The molecular weight excluding hydrogens is 232 g/mol. The van der Waals surface area contributed by atoms with E-state index < -0.39 is 5.60 Å². The second-order valence-electron chi connectivity index (χ2n) is 4.52.